The van der Waals surface area contributed by atoms with Crippen LogP contribution in [0.25, 0.3) is 0 Å². The van der Waals surface area contributed by atoms with E-state index in [1.165, 1.54) is 0 Å². The Hall–Kier alpha value is -1.41. The SMILES string of the molecule is COC1COC2C(NC(=S)Nc3ccc(N(C)C)cc3)COC12. The van der Waals surface area contributed by atoms with Gasteiger partial charge in [0.05, 0.1) is 19.3 Å². The number of ether oxygens (including phenoxy) is 3. The molecule has 2 heterocycles. The number of rotatable bonds is 4. The van der Waals surface area contributed by atoms with Crippen LogP contribution in [0.1, 0.15) is 0 Å². The number of methoxy groups -OCH3 is 1. The van der Waals surface area contributed by atoms with Gasteiger partial charge in [-0.05, 0) is 36.5 Å². The van der Waals surface area contributed by atoms with Crippen LogP contribution in [0.5, 0.6) is 0 Å². The first-order valence-electron chi connectivity index (χ1n) is 7.69. The fraction of sp³-hybridized carbons (Fsp3) is 0.562. The van der Waals surface area contributed by atoms with E-state index in [9.17, 15) is 0 Å². The molecule has 0 aliphatic carbocycles. The first-order valence-corrected chi connectivity index (χ1v) is 8.10. The number of benzene rings is 1. The Kier molecular flexibility index (Phi) is 5.01. The molecule has 0 aromatic heterocycles. The zero-order chi connectivity index (χ0) is 16.4. The van der Waals surface area contributed by atoms with E-state index in [2.05, 4.69) is 15.5 Å². The highest BCUT2D eigenvalue weighted by atomic mass is 32.1. The largest absolute Gasteiger partial charge is 0.378 e. The van der Waals surface area contributed by atoms with Gasteiger partial charge in [-0.3, -0.25) is 0 Å². The minimum atomic E-state index is -0.0178. The Labute approximate surface area is 142 Å². The average molecular weight is 337 g/mol. The zero-order valence-electron chi connectivity index (χ0n) is 13.6. The number of hydrogen-bond acceptors (Lipinski definition) is 5. The van der Waals surface area contributed by atoms with Crippen LogP contribution < -0.4 is 15.5 Å². The lowest BCUT2D eigenvalue weighted by molar-refractivity contribution is -0.00798. The monoisotopic (exact) mass is 337 g/mol. The molecule has 2 fully saturated rings. The van der Waals surface area contributed by atoms with Gasteiger partial charge in [0.25, 0.3) is 0 Å². The van der Waals surface area contributed by atoms with E-state index in [1.54, 1.807) is 7.11 Å². The van der Waals surface area contributed by atoms with Crippen molar-refractivity contribution in [2.75, 3.05) is 44.6 Å². The van der Waals surface area contributed by atoms with Crippen molar-refractivity contribution in [3.05, 3.63) is 24.3 Å². The number of anilines is 2. The van der Waals surface area contributed by atoms with Gasteiger partial charge in [0.2, 0.25) is 0 Å². The van der Waals surface area contributed by atoms with Gasteiger partial charge in [-0.25, -0.2) is 0 Å². The highest BCUT2D eigenvalue weighted by molar-refractivity contribution is 7.80. The molecule has 6 nitrogen and oxygen atoms in total. The quantitative estimate of drug-likeness (QED) is 0.801. The molecular formula is C16H23N3O3S. The number of hydrogen-bond donors (Lipinski definition) is 2. The molecule has 7 heteroatoms. The number of fused-ring (bicyclic) bond motifs is 1. The van der Waals surface area contributed by atoms with Crippen molar-refractivity contribution in [1.82, 2.24) is 5.32 Å². The van der Waals surface area contributed by atoms with Crippen molar-refractivity contribution in [2.45, 2.75) is 24.4 Å². The Morgan fingerprint density at radius 1 is 1.17 bits per heavy atom. The van der Waals surface area contributed by atoms with Gasteiger partial charge in [-0.15, -0.1) is 0 Å². The highest BCUT2D eigenvalue weighted by Gasteiger charge is 2.48. The topological polar surface area (TPSA) is 55.0 Å². The van der Waals surface area contributed by atoms with E-state index in [1.807, 2.05) is 38.4 Å². The summed E-state index contributed by atoms with van der Waals surface area (Å²) in [6.07, 6.45) is -0.0256. The van der Waals surface area contributed by atoms with Crippen LogP contribution in [0.3, 0.4) is 0 Å². The molecule has 0 spiro atoms. The molecule has 0 amide bonds. The minimum absolute atomic E-state index is 0.00640. The summed E-state index contributed by atoms with van der Waals surface area (Å²) in [5.41, 5.74) is 2.09. The van der Waals surface area contributed by atoms with Crippen LogP contribution in [0.4, 0.5) is 11.4 Å². The highest BCUT2D eigenvalue weighted by Crippen LogP contribution is 2.28. The lowest BCUT2D eigenvalue weighted by Crippen LogP contribution is -2.45. The normalized spacial score (nSPS) is 29.2. The molecule has 3 rings (SSSR count). The maximum Gasteiger partial charge on any atom is 0.171 e. The molecule has 0 radical (unpaired) electrons. The smallest absolute Gasteiger partial charge is 0.171 e. The second kappa shape index (κ2) is 7.00. The van der Waals surface area contributed by atoms with Crippen molar-refractivity contribution in [2.24, 2.45) is 0 Å². The van der Waals surface area contributed by atoms with E-state index < -0.39 is 0 Å². The van der Waals surface area contributed by atoms with Crippen LogP contribution in [0.2, 0.25) is 0 Å². The third-order valence-electron chi connectivity index (χ3n) is 4.27. The predicted octanol–water partition coefficient (Wildman–Crippen LogP) is 1.22. The first-order chi connectivity index (χ1) is 11.1. The molecule has 0 bridgehead atoms. The lowest BCUT2D eigenvalue weighted by Gasteiger charge is -2.20. The summed E-state index contributed by atoms with van der Waals surface area (Å²) in [5, 5.41) is 7.06. The predicted molar refractivity (Wildman–Crippen MR) is 94.2 cm³/mol. The van der Waals surface area contributed by atoms with Crippen LogP contribution in [0, 0.1) is 0 Å². The molecule has 0 saturated carbocycles. The summed E-state index contributed by atoms with van der Waals surface area (Å²) in [7, 11) is 5.71. The molecule has 4 atom stereocenters. The Morgan fingerprint density at radius 2 is 1.87 bits per heavy atom. The number of thiocarbonyl (C=S) groups is 1. The van der Waals surface area contributed by atoms with Crippen molar-refractivity contribution < 1.29 is 14.2 Å². The van der Waals surface area contributed by atoms with Crippen molar-refractivity contribution in [1.29, 1.82) is 0 Å². The minimum Gasteiger partial charge on any atom is -0.378 e. The molecular weight excluding hydrogens is 314 g/mol. The fourth-order valence-corrected chi connectivity index (χ4v) is 3.24. The van der Waals surface area contributed by atoms with E-state index in [0.717, 1.165) is 11.4 Å². The van der Waals surface area contributed by atoms with Gasteiger partial charge in [-0.2, -0.15) is 0 Å². The second-order valence-corrected chi connectivity index (χ2v) is 6.42. The lowest BCUT2D eigenvalue weighted by atomic mass is 10.1. The summed E-state index contributed by atoms with van der Waals surface area (Å²) in [6, 6.07) is 8.14. The van der Waals surface area contributed by atoms with Crippen LogP contribution in [-0.2, 0) is 14.2 Å². The van der Waals surface area contributed by atoms with Crippen molar-refractivity contribution in [3.63, 3.8) is 0 Å². The Bertz CT molecular complexity index is 552. The zero-order valence-corrected chi connectivity index (χ0v) is 14.4. The third kappa shape index (κ3) is 3.58. The van der Waals surface area contributed by atoms with Gasteiger partial charge < -0.3 is 29.7 Å². The summed E-state index contributed by atoms with van der Waals surface area (Å²) in [5.74, 6) is 0. The molecule has 4 unspecified atom stereocenters. The van der Waals surface area contributed by atoms with Gasteiger partial charge in [0.1, 0.15) is 18.3 Å². The summed E-state index contributed by atoms with van der Waals surface area (Å²) < 4.78 is 16.9. The summed E-state index contributed by atoms with van der Waals surface area (Å²) in [4.78, 5) is 2.06. The van der Waals surface area contributed by atoms with E-state index in [4.69, 9.17) is 26.4 Å². The molecule has 126 valence electrons. The maximum absolute atomic E-state index is 5.78. The van der Waals surface area contributed by atoms with Crippen LogP contribution in [-0.4, -0.2) is 63.9 Å². The van der Waals surface area contributed by atoms with E-state index in [0.29, 0.717) is 18.3 Å². The first kappa shape index (κ1) is 16.4. The van der Waals surface area contributed by atoms with E-state index in [-0.39, 0.29) is 24.4 Å². The third-order valence-corrected chi connectivity index (χ3v) is 4.49. The van der Waals surface area contributed by atoms with Gasteiger partial charge in [0.15, 0.2) is 5.11 Å². The van der Waals surface area contributed by atoms with E-state index >= 15 is 0 Å². The van der Waals surface area contributed by atoms with Gasteiger partial charge >= 0.3 is 0 Å². The number of nitrogens with one attached hydrogen (secondary N) is 2. The van der Waals surface area contributed by atoms with Crippen molar-refractivity contribution in [3.8, 4) is 0 Å². The Balaban J connectivity index is 1.54. The molecule has 23 heavy (non-hydrogen) atoms. The van der Waals surface area contributed by atoms with Crippen molar-refractivity contribution >= 4 is 28.7 Å². The second-order valence-electron chi connectivity index (χ2n) is 6.02. The maximum atomic E-state index is 5.78. The molecule has 1 aromatic carbocycles. The van der Waals surface area contributed by atoms with Gasteiger partial charge in [0, 0.05) is 32.6 Å². The molecule has 2 N–H and O–H groups in total. The fourth-order valence-electron chi connectivity index (χ4n) is 2.97. The molecule has 2 aliphatic rings. The molecule has 1 aromatic rings. The molecule has 2 saturated heterocycles. The average Bonchev–Trinajstić information content (AvgIpc) is 3.10. The summed E-state index contributed by atoms with van der Waals surface area (Å²) >= 11 is 5.40. The van der Waals surface area contributed by atoms with Crippen LogP contribution in [0.15, 0.2) is 24.3 Å². The van der Waals surface area contributed by atoms with Gasteiger partial charge in [-0.1, -0.05) is 0 Å². The standard InChI is InChI=1S/C16H23N3O3S/c1-19(2)11-6-4-10(5-7-11)17-16(23)18-12-8-21-15-13(20-3)9-22-14(12)15/h4-7,12-15H,8-9H2,1-3H3,(H2,17,18,23). The molecule has 2 aliphatic heterocycles. The Morgan fingerprint density at radius 3 is 2.52 bits per heavy atom. The number of nitrogens with zero attached hydrogens (tertiary/aromatic N) is 1. The summed E-state index contributed by atoms with van der Waals surface area (Å²) in [6.45, 7) is 1.13. The van der Waals surface area contributed by atoms with Crippen LogP contribution >= 0.6 is 12.2 Å².